The monoisotopic (exact) mass is 330 g/mol. The SMILES string of the molecule is CC1CCC(CNC(=O)c2cccc(Nc3nccs3)c2)NC1. The van der Waals surface area contributed by atoms with Crippen molar-refractivity contribution in [2.24, 2.45) is 5.92 Å². The van der Waals surface area contributed by atoms with Gasteiger partial charge in [0.1, 0.15) is 0 Å². The van der Waals surface area contributed by atoms with E-state index in [4.69, 9.17) is 0 Å². The van der Waals surface area contributed by atoms with Crippen molar-refractivity contribution >= 4 is 28.1 Å². The first kappa shape index (κ1) is 16.0. The van der Waals surface area contributed by atoms with Crippen molar-refractivity contribution in [2.75, 3.05) is 18.4 Å². The van der Waals surface area contributed by atoms with E-state index in [0.29, 0.717) is 18.2 Å². The Bertz CT molecular complexity index is 636. The van der Waals surface area contributed by atoms with Crippen LogP contribution in [0.3, 0.4) is 0 Å². The second kappa shape index (κ2) is 7.57. The number of hydrogen-bond donors (Lipinski definition) is 3. The van der Waals surface area contributed by atoms with Crippen molar-refractivity contribution < 1.29 is 4.79 Å². The summed E-state index contributed by atoms with van der Waals surface area (Å²) in [6.45, 7) is 3.96. The average molecular weight is 330 g/mol. The molecule has 5 nitrogen and oxygen atoms in total. The Labute approximate surface area is 140 Å². The lowest BCUT2D eigenvalue weighted by atomic mass is 9.96. The number of aromatic nitrogens is 1. The van der Waals surface area contributed by atoms with Gasteiger partial charge in [-0.15, -0.1) is 11.3 Å². The van der Waals surface area contributed by atoms with Gasteiger partial charge in [-0.1, -0.05) is 13.0 Å². The van der Waals surface area contributed by atoms with Crippen LogP contribution in [0.5, 0.6) is 0 Å². The van der Waals surface area contributed by atoms with Gasteiger partial charge in [0.25, 0.3) is 5.91 Å². The molecule has 0 bridgehead atoms. The number of benzene rings is 1. The van der Waals surface area contributed by atoms with E-state index in [1.165, 1.54) is 17.8 Å². The third-order valence-corrected chi connectivity index (χ3v) is 4.77. The Morgan fingerprint density at radius 3 is 3.09 bits per heavy atom. The van der Waals surface area contributed by atoms with Crippen molar-refractivity contribution in [3.8, 4) is 0 Å². The van der Waals surface area contributed by atoms with E-state index in [2.05, 4.69) is 27.9 Å². The Hall–Kier alpha value is -1.92. The lowest BCUT2D eigenvalue weighted by molar-refractivity contribution is 0.0947. The third kappa shape index (κ3) is 4.53. The van der Waals surface area contributed by atoms with Gasteiger partial charge in [-0.25, -0.2) is 4.98 Å². The highest BCUT2D eigenvalue weighted by molar-refractivity contribution is 7.13. The van der Waals surface area contributed by atoms with E-state index in [1.54, 1.807) is 6.20 Å². The van der Waals surface area contributed by atoms with Crippen molar-refractivity contribution in [1.82, 2.24) is 15.6 Å². The predicted octanol–water partition coefficient (Wildman–Crippen LogP) is 3.00. The molecule has 1 aliphatic rings. The molecule has 1 amide bonds. The van der Waals surface area contributed by atoms with Crippen LogP contribution < -0.4 is 16.0 Å². The quantitative estimate of drug-likeness (QED) is 0.788. The second-order valence-corrected chi connectivity index (χ2v) is 6.94. The summed E-state index contributed by atoms with van der Waals surface area (Å²) in [5.41, 5.74) is 1.54. The molecular weight excluding hydrogens is 308 g/mol. The molecule has 0 aliphatic carbocycles. The number of thiazole rings is 1. The molecule has 2 unspecified atom stereocenters. The van der Waals surface area contributed by atoms with Gasteiger partial charge in [0.15, 0.2) is 5.13 Å². The normalized spacial score (nSPS) is 20.9. The molecule has 1 aliphatic heterocycles. The zero-order valence-electron chi connectivity index (χ0n) is 13.2. The topological polar surface area (TPSA) is 66.0 Å². The van der Waals surface area contributed by atoms with Crippen molar-refractivity contribution in [2.45, 2.75) is 25.8 Å². The molecule has 23 heavy (non-hydrogen) atoms. The molecular formula is C17H22N4OS. The fourth-order valence-corrected chi connectivity index (χ4v) is 3.25. The summed E-state index contributed by atoms with van der Waals surface area (Å²) < 4.78 is 0. The number of amides is 1. The van der Waals surface area contributed by atoms with Crippen molar-refractivity contribution in [1.29, 1.82) is 0 Å². The molecule has 1 aromatic heterocycles. The Kier molecular flexibility index (Phi) is 5.25. The van der Waals surface area contributed by atoms with Gasteiger partial charge in [0.2, 0.25) is 0 Å². The van der Waals surface area contributed by atoms with Gasteiger partial charge in [0.05, 0.1) is 0 Å². The number of carbonyl (C=O) groups excluding carboxylic acids is 1. The van der Waals surface area contributed by atoms with Gasteiger partial charge in [-0.05, 0) is 43.5 Å². The summed E-state index contributed by atoms with van der Waals surface area (Å²) in [7, 11) is 0. The van der Waals surface area contributed by atoms with E-state index < -0.39 is 0 Å². The third-order valence-electron chi connectivity index (χ3n) is 4.08. The predicted molar refractivity (Wildman–Crippen MR) is 94.4 cm³/mol. The van der Waals surface area contributed by atoms with Gasteiger partial charge in [0, 0.05) is 35.4 Å². The van der Waals surface area contributed by atoms with E-state index in [-0.39, 0.29) is 5.91 Å². The van der Waals surface area contributed by atoms with Crippen molar-refractivity contribution in [3.05, 3.63) is 41.4 Å². The molecule has 1 fully saturated rings. The fraction of sp³-hybridized carbons (Fsp3) is 0.412. The average Bonchev–Trinajstić information content (AvgIpc) is 3.07. The number of nitrogens with zero attached hydrogens (tertiary/aromatic N) is 1. The maximum Gasteiger partial charge on any atom is 0.251 e. The van der Waals surface area contributed by atoms with Crippen LogP contribution in [0.25, 0.3) is 0 Å². The van der Waals surface area contributed by atoms with Crippen molar-refractivity contribution in [3.63, 3.8) is 0 Å². The lowest BCUT2D eigenvalue weighted by Gasteiger charge is -2.27. The Morgan fingerprint density at radius 1 is 1.43 bits per heavy atom. The summed E-state index contributed by atoms with van der Waals surface area (Å²) in [4.78, 5) is 16.5. The standard InChI is InChI=1S/C17H22N4OS/c1-12-5-6-15(19-10-12)11-20-16(22)13-3-2-4-14(9-13)21-17-18-7-8-23-17/h2-4,7-9,12,15,19H,5-6,10-11H2,1H3,(H,18,21)(H,20,22). The van der Waals surface area contributed by atoms with Crippen LogP contribution in [0.2, 0.25) is 0 Å². The smallest absolute Gasteiger partial charge is 0.251 e. The molecule has 122 valence electrons. The maximum atomic E-state index is 12.3. The second-order valence-electron chi connectivity index (χ2n) is 6.04. The van der Waals surface area contributed by atoms with Crippen LogP contribution in [0.15, 0.2) is 35.8 Å². The minimum atomic E-state index is -0.0341. The molecule has 1 aromatic carbocycles. The zero-order chi connectivity index (χ0) is 16.1. The zero-order valence-corrected chi connectivity index (χ0v) is 14.0. The molecule has 3 N–H and O–H groups in total. The molecule has 0 saturated carbocycles. The number of rotatable bonds is 5. The number of piperidine rings is 1. The largest absolute Gasteiger partial charge is 0.350 e. The maximum absolute atomic E-state index is 12.3. The molecule has 2 heterocycles. The number of hydrogen-bond acceptors (Lipinski definition) is 5. The van der Waals surface area contributed by atoms with E-state index >= 15 is 0 Å². The molecule has 2 aromatic rings. The first-order valence-corrected chi connectivity index (χ1v) is 8.87. The molecule has 6 heteroatoms. The highest BCUT2D eigenvalue weighted by Crippen LogP contribution is 2.19. The number of nitrogens with one attached hydrogen (secondary N) is 3. The summed E-state index contributed by atoms with van der Waals surface area (Å²) in [5.74, 6) is 0.698. The van der Waals surface area contributed by atoms with Crippen LogP contribution in [-0.4, -0.2) is 30.0 Å². The summed E-state index contributed by atoms with van der Waals surface area (Å²) in [5, 5.41) is 12.5. The van der Waals surface area contributed by atoms with E-state index in [0.717, 1.165) is 29.7 Å². The first-order valence-electron chi connectivity index (χ1n) is 7.99. The van der Waals surface area contributed by atoms with Crippen LogP contribution in [0.4, 0.5) is 10.8 Å². The number of carbonyl (C=O) groups is 1. The van der Waals surface area contributed by atoms with Gasteiger partial charge in [-0.3, -0.25) is 4.79 Å². The molecule has 3 rings (SSSR count). The Balaban J connectivity index is 1.54. The van der Waals surface area contributed by atoms with Crippen LogP contribution in [-0.2, 0) is 0 Å². The van der Waals surface area contributed by atoms with E-state index in [9.17, 15) is 4.79 Å². The fourth-order valence-electron chi connectivity index (χ4n) is 2.70. The molecule has 0 radical (unpaired) electrons. The minimum Gasteiger partial charge on any atom is -0.350 e. The molecule has 0 spiro atoms. The molecule has 1 saturated heterocycles. The molecule has 2 atom stereocenters. The first-order chi connectivity index (χ1) is 11.2. The minimum absolute atomic E-state index is 0.0341. The highest BCUT2D eigenvalue weighted by Gasteiger charge is 2.18. The highest BCUT2D eigenvalue weighted by atomic mass is 32.1. The van der Waals surface area contributed by atoms with Gasteiger partial charge in [-0.2, -0.15) is 0 Å². The van der Waals surface area contributed by atoms with Gasteiger partial charge >= 0.3 is 0 Å². The summed E-state index contributed by atoms with van der Waals surface area (Å²) in [6, 6.07) is 7.88. The summed E-state index contributed by atoms with van der Waals surface area (Å²) >= 11 is 1.53. The number of anilines is 2. The van der Waals surface area contributed by atoms with E-state index in [1.807, 2.05) is 29.6 Å². The van der Waals surface area contributed by atoms with Crippen LogP contribution in [0.1, 0.15) is 30.1 Å². The Morgan fingerprint density at radius 2 is 2.35 bits per heavy atom. The van der Waals surface area contributed by atoms with Crippen LogP contribution in [0, 0.1) is 5.92 Å². The summed E-state index contributed by atoms with van der Waals surface area (Å²) in [6.07, 6.45) is 4.09. The van der Waals surface area contributed by atoms with Crippen LogP contribution >= 0.6 is 11.3 Å². The van der Waals surface area contributed by atoms with Gasteiger partial charge < -0.3 is 16.0 Å². The lowest BCUT2D eigenvalue weighted by Crippen LogP contribution is -2.45.